The van der Waals surface area contributed by atoms with Crippen molar-refractivity contribution in [2.45, 2.75) is 17.3 Å². The molecule has 21 heavy (non-hydrogen) atoms. The number of halogens is 4. The highest BCUT2D eigenvalue weighted by atomic mass is 35.5. The first kappa shape index (κ1) is 15.5. The number of amides is 1. The SMILES string of the molecule is N#CC1=C(C(F)(F)F)C(Cl)C(=O)N=C1SCc1nn[nH]n1. The monoisotopic (exact) mass is 336 g/mol. The molecule has 7 nitrogen and oxygen atoms in total. The molecule has 0 bridgehead atoms. The van der Waals surface area contributed by atoms with Crippen molar-refractivity contribution in [1.82, 2.24) is 20.6 Å². The average Bonchev–Trinajstić information content (AvgIpc) is 2.91. The molecular weight excluding hydrogens is 333 g/mol. The second-order valence-corrected chi connectivity index (χ2v) is 5.03. The average molecular weight is 337 g/mol. The van der Waals surface area contributed by atoms with Gasteiger partial charge in [-0.3, -0.25) is 4.79 Å². The van der Waals surface area contributed by atoms with Crippen molar-refractivity contribution in [1.29, 1.82) is 5.26 Å². The minimum absolute atomic E-state index is 0.00805. The van der Waals surface area contributed by atoms with Crippen molar-refractivity contribution in [2.24, 2.45) is 4.99 Å². The van der Waals surface area contributed by atoms with Crippen LogP contribution in [0, 0.1) is 11.3 Å². The summed E-state index contributed by atoms with van der Waals surface area (Å²) in [5.74, 6) is -0.987. The third kappa shape index (κ3) is 3.22. The fraction of sp³-hybridized carbons (Fsp3) is 0.333. The maximum atomic E-state index is 12.9. The van der Waals surface area contributed by atoms with Gasteiger partial charge in [0.05, 0.1) is 16.9 Å². The van der Waals surface area contributed by atoms with Crippen LogP contribution in [-0.4, -0.2) is 43.1 Å². The minimum Gasteiger partial charge on any atom is -0.270 e. The minimum atomic E-state index is -4.90. The van der Waals surface area contributed by atoms with Crippen LogP contribution in [0.4, 0.5) is 13.2 Å². The second kappa shape index (κ2) is 5.82. The Kier molecular flexibility index (Phi) is 4.29. The van der Waals surface area contributed by atoms with Gasteiger partial charge in [-0.1, -0.05) is 17.0 Å². The van der Waals surface area contributed by atoms with Gasteiger partial charge < -0.3 is 0 Å². The lowest BCUT2D eigenvalue weighted by Crippen LogP contribution is -2.32. The number of thioether (sulfide) groups is 1. The van der Waals surface area contributed by atoms with Gasteiger partial charge in [0.1, 0.15) is 16.5 Å². The van der Waals surface area contributed by atoms with Crippen LogP contribution in [0.15, 0.2) is 16.1 Å². The largest absolute Gasteiger partial charge is 0.416 e. The smallest absolute Gasteiger partial charge is 0.270 e. The van der Waals surface area contributed by atoms with Crippen molar-refractivity contribution in [3.8, 4) is 6.07 Å². The van der Waals surface area contributed by atoms with E-state index in [4.69, 9.17) is 16.9 Å². The van der Waals surface area contributed by atoms with Gasteiger partial charge in [-0.2, -0.15) is 23.6 Å². The number of aromatic nitrogens is 4. The molecule has 12 heteroatoms. The molecule has 110 valence electrons. The Morgan fingerprint density at radius 3 is 2.71 bits per heavy atom. The lowest BCUT2D eigenvalue weighted by Gasteiger charge is -2.21. The number of H-pyrrole nitrogens is 1. The predicted octanol–water partition coefficient (Wildman–Crippen LogP) is 1.36. The molecule has 2 rings (SSSR count). The topological polar surface area (TPSA) is 108 Å². The fourth-order valence-electron chi connectivity index (χ4n) is 1.45. The molecule has 0 aliphatic carbocycles. The number of hydrogen-bond donors (Lipinski definition) is 1. The quantitative estimate of drug-likeness (QED) is 0.817. The number of nitrogens with one attached hydrogen (secondary N) is 1. The Balaban J connectivity index is 2.35. The summed E-state index contributed by atoms with van der Waals surface area (Å²) in [6.45, 7) is 0. The van der Waals surface area contributed by atoms with E-state index in [1.807, 2.05) is 0 Å². The van der Waals surface area contributed by atoms with Gasteiger partial charge in [0.2, 0.25) is 0 Å². The fourth-order valence-corrected chi connectivity index (χ4v) is 2.58. The summed E-state index contributed by atoms with van der Waals surface area (Å²) in [5, 5.41) is 19.2. The Hall–Kier alpha value is -1.93. The molecule has 1 unspecified atom stereocenters. The number of alkyl halides is 4. The number of rotatable bonds is 2. The summed E-state index contributed by atoms with van der Waals surface area (Å²) in [7, 11) is 0. The van der Waals surface area contributed by atoms with Gasteiger partial charge >= 0.3 is 6.18 Å². The van der Waals surface area contributed by atoms with Crippen LogP contribution in [-0.2, 0) is 10.5 Å². The molecule has 1 aromatic rings. The number of aromatic amines is 1. The Bertz CT molecular complexity index is 662. The van der Waals surface area contributed by atoms with E-state index in [1.54, 1.807) is 0 Å². The van der Waals surface area contributed by atoms with E-state index in [1.165, 1.54) is 6.07 Å². The summed E-state index contributed by atoms with van der Waals surface area (Å²) in [5.41, 5.74) is -2.17. The van der Waals surface area contributed by atoms with Crippen LogP contribution < -0.4 is 0 Å². The number of dihydropyridines is 1. The van der Waals surface area contributed by atoms with Crippen LogP contribution in [0.1, 0.15) is 5.82 Å². The first-order valence-electron chi connectivity index (χ1n) is 5.18. The highest BCUT2D eigenvalue weighted by Crippen LogP contribution is 2.38. The third-order valence-electron chi connectivity index (χ3n) is 2.31. The van der Waals surface area contributed by atoms with E-state index < -0.39 is 28.6 Å². The Morgan fingerprint density at radius 2 is 2.19 bits per heavy atom. The first-order valence-corrected chi connectivity index (χ1v) is 6.60. The normalized spacial score (nSPS) is 19.5. The second-order valence-electron chi connectivity index (χ2n) is 3.63. The highest BCUT2D eigenvalue weighted by Gasteiger charge is 2.46. The number of hydrogen-bond acceptors (Lipinski definition) is 6. The summed E-state index contributed by atoms with van der Waals surface area (Å²) >= 11 is 6.14. The van der Waals surface area contributed by atoms with Crippen LogP contribution in [0.2, 0.25) is 0 Å². The number of carbonyl (C=O) groups excluding carboxylic acids is 1. The summed E-state index contributed by atoms with van der Waals surface area (Å²) < 4.78 is 38.8. The molecule has 0 radical (unpaired) electrons. The Labute approximate surface area is 124 Å². The highest BCUT2D eigenvalue weighted by molar-refractivity contribution is 8.13. The standard InChI is InChI=1S/C9H4ClF3N6OS/c10-6-5(9(11,12)13)3(1-14)8(15-7(6)20)21-2-4-16-18-19-17-4/h6H,2H2,(H,16,17,18,19). The van der Waals surface area contributed by atoms with Crippen LogP contribution in [0.5, 0.6) is 0 Å². The summed E-state index contributed by atoms with van der Waals surface area (Å²) in [4.78, 5) is 14.9. The van der Waals surface area contributed by atoms with Gasteiger partial charge in [-0.25, -0.2) is 4.99 Å². The number of aliphatic imine (C=N–C) groups is 1. The zero-order valence-electron chi connectivity index (χ0n) is 9.85. The number of tetrazole rings is 1. The molecule has 1 N–H and O–H groups in total. The molecule has 1 atom stereocenters. The van der Waals surface area contributed by atoms with Crippen molar-refractivity contribution in [3.63, 3.8) is 0 Å². The molecule has 0 fully saturated rings. The lowest BCUT2D eigenvalue weighted by molar-refractivity contribution is -0.121. The van der Waals surface area contributed by atoms with Crippen molar-refractivity contribution >= 4 is 34.3 Å². The van der Waals surface area contributed by atoms with Crippen LogP contribution >= 0.6 is 23.4 Å². The van der Waals surface area contributed by atoms with E-state index in [-0.39, 0.29) is 16.6 Å². The maximum Gasteiger partial charge on any atom is 0.416 e. The van der Waals surface area contributed by atoms with Gasteiger partial charge in [-0.15, -0.1) is 21.8 Å². The third-order valence-corrected chi connectivity index (χ3v) is 3.69. The lowest BCUT2D eigenvalue weighted by atomic mass is 10.0. The number of carbonyl (C=O) groups is 1. The van der Waals surface area contributed by atoms with E-state index in [0.29, 0.717) is 0 Å². The number of nitrogens with zero attached hydrogens (tertiary/aromatic N) is 5. The summed E-state index contributed by atoms with van der Waals surface area (Å²) in [6, 6.07) is 1.40. The Morgan fingerprint density at radius 1 is 1.48 bits per heavy atom. The van der Waals surface area contributed by atoms with Gasteiger partial charge in [-0.05, 0) is 0 Å². The van der Waals surface area contributed by atoms with Gasteiger partial charge in [0.25, 0.3) is 5.91 Å². The predicted molar refractivity (Wildman–Crippen MR) is 66.2 cm³/mol. The number of nitriles is 1. The maximum absolute atomic E-state index is 12.9. The molecule has 1 aliphatic heterocycles. The van der Waals surface area contributed by atoms with Crippen molar-refractivity contribution in [2.75, 3.05) is 0 Å². The molecule has 1 amide bonds. The first-order chi connectivity index (χ1) is 9.84. The van der Waals surface area contributed by atoms with Gasteiger partial charge in [0.15, 0.2) is 5.82 Å². The molecular formula is C9H4ClF3N6OS. The van der Waals surface area contributed by atoms with Crippen LogP contribution in [0.25, 0.3) is 0 Å². The zero-order valence-corrected chi connectivity index (χ0v) is 11.4. The van der Waals surface area contributed by atoms with Crippen molar-refractivity contribution < 1.29 is 18.0 Å². The van der Waals surface area contributed by atoms with E-state index in [0.717, 1.165) is 11.8 Å². The van der Waals surface area contributed by atoms with Crippen molar-refractivity contribution in [3.05, 3.63) is 17.0 Å². The van der Waals surface area contributed by atoms with E-state index in [2.05, 4.69) is 25.6 Å². The van der Waals surface area contributed by atoms with Gasteiger partial charge in [0, 0.05) is 0 Å². The molecule has 2 heterocycles. The molecule has 0 aromatic carbocycles. The molecule has 1 aliphatic rings. The van der Waals surface area contributed by atoms with E-state index >= 15 is 0 Å². The zero-order chi connectivity index (χ0) is 15.6. The molecule has 1 aromatic heterocycles. The molecule has 0 spiro atoms. The molecule has 0 saturated heterocycles. The summed E-state index contributed by atoms with van der Waals surface area (Å²) in [6.07, 6.45) is -4.90. The molecule has 0 saturated carbocycles. The van der Waals surface area contributed by atoms with Crippen LogP contribution in [0.3, 0.4) is 0 Å². The van der Waals surface area contributed by atoms with E-state index in [9.17, 15) is 18.0 Å².